The molecule has 3 heteroatoms. The Labute approximate surface area is 115 Å². The molecule has 0 aliphatic heterocycles. The van der Waals surface area contributed by atoms with Gasteiger partial charge in [0.2, 0.25) is 0 Å². The van der Waals surface area contributed by atoms with Crippen LogP contribution in [0.25, 0.3) is 0 Å². The van der Waals surface area contributed by atoms with Crippen molar-refractivity contribution in [2.75, 3.05) is 0 Å². The second-order valence-electron chi connectivity index (χ2n) is 5.43. The van der Waals surface area contributed by atoms with Gasteiger partial charge in [0.15, 0.2) is 0 Å². The van der Waals surface area contributed by atoms with Crippen LogP contribution < -0.4 is 5.32 Å². The van der Waals surface area contributed by atoms with Crippen molar-refractivity contribution in [1.82, 2.24) is 15.5 Å². The lowest BCUT2D eigenvalue weighted by Gasteiger charge is -2.23. The SMILES string of the molecule is Cc1n[nH]c(C)c1CNC(c1ccccc1)C(C)C. The summed E-state index contributed by atoms with van der Waals surface area (Å²) in [4.78, 5) is 0. The number of rotatable bonds is 5. The lowest BCUT2D eigenvalue weighted by molar-refractivity contribution is 0.410. The number of benzene rings is 1. The van der Waals surface area contributed by atoms with Crippen LogP contribution in [-0.4, -0.2) is 10.2 Å². The van der Waals surface area contributed by atoms with Crippen molar-refractivity contribution in [3.63, 3.8) is 0 Å². The third-order valence-electron chi connectivity index (χ3n) is 3.60. The zero-order valence-electron chi connectivity index (χ0n) is 12.2. The van der Waals surface area contributed by atoms with E-state index < -0.39 is 0 Å². The summed E-state index contributed by atoms with van der Waals surface area (Å²) in [5.74, 6) is 0.551. The molecular weight excluding hydrogens is 234 g/mol. The molecule has 2 N–H and O–H groups in total. The molecule has 0 saturated carbocycles. The van der Waals surface area contributed by atoms with E-state index in [2.05, 4.69) is 66.6 Å². The molecule has 0 fully saturated rings. The predicted octanol–water partition coefficient (Wildman–Crippen LogP) is 3.51. The molecule has 0 spiro atoms. The van der Waals surface area contributed by atoms with Crippen molar-refractivity contribution < 1.29 is 0 Å². The van der Waals surface area contributed by atoms with Gasteiger partial charge in [-0.15, -0.1) is 0 Å². The summed E-state index contributed by atoms with van der Waals surface area (Å²) in [7, 11) is 0. The number of hydrogen-bond donors (Lipinski definition) is 2. The highest BCUT2D eigenvalue weighted by Gasteiger charge is 2.16. The largest absolute Gasteiger partial charge is 0.305 e. The Morgan fingerprint density at radius 2 is 1.84 bits per heavy atom. The van der Waals surface area contributed by atoms with Crippen LogP contribution in [0.4, 0.5) is 0 Å². The molecule has 19 heavy (non-hydrogen) atoms. The van der Waals surface area contributed by atoms with Gasteiger partial charge in [-0.1, -0.05) is 44.2 Å². The Morgan fingerprint density at radius 1 is 1.16 bits per heavy atom. The monoisotopic (exact) mass is 257 g/mol. The maximum Gasteiger partial charge on any atom is 0.0638 e. The van der Waals surface area contributed by atoms with Gasteiger partial charge in [-0.25, -0.2) is 0 Å². The molecule has 3 nitrogen and oxygen atoms in total. The molecule has 2 rings (SSSR count). The minimum atomic E-state index is 0.370. The van der Waals surface area contributed by atoms with Gasteiger partial charge in [0.25, 0.3) is 0 Å². The number of hydrogen-bond acceptors (Lipinski definition) is 2. The second kappa shape index (κ2) is 6.02. The number of nitrogens with zero attached hydrogens (tertiary/aromatic N) is 1. The standard InChI is InChI=1S/C16H23N3/c1-11(2)16(14-8-6-5-7-9-14)17-10-15-12(3)18-19-13(15)4/h5-9,11,16-17H,10H2,1-4H3,(H,18,19). The molecule has 102 valence electrons. The number of aromatic amines is 1. The van der Waals surface area contributed by atoms with E-state index in [1.807, 2.05) is 6.92 Å². The summed E-state index contributed by atoms with van der Waals surface area (Å²) in [6.07, 6.45) is 0. The highest BCUT2D eigenvalue weighted by atomic mass is 15.1. The Balaban J connectivity index is 2.11. The molecule has 1 heterocycles. The Kier molecular flexibility index (Phi) is 4.38. The van der Waals surface area contributed by atoms with Gasteiger partial charge in [-0.05, 0) is 25.3 Å². The van der Waals surface area contributed by atoms with E-state index in [1.54, 1.807) is 0 Å². The third-order valence-corrected chi connectivity index (χ3v) is 3.60. The van der Waals surface area contributed by atoms with Gasteiger partial charge in [0, 0.05) is 23.8 Å². The fraction of sp³-hybridized carbons (Fsp3) is 0.438. The Hall–Kier alpha value is -1.61. The van der Waals surface area contributed by atoms with E-state index >= 15 is 0 Å². The third kappa shape index (κ3) is 3.24. The zero-order chi connectivity index (χ0) is 13.8. The minimum absolute atomic E-state index is 0.370. The molecule has 0 radical (unpaired) electrons. The van der Waals surface area contributed by atoms with Gasteiger partial charge < -0.3 is 5.32 Å². The van der Waals surface area contributed by atoms with Crippen LogP contribution in [0.15, 0.2) is 30.3 Å². The van der Waals surface area contributed by atoms with Gasteiger partial charge >= 0.3 is 0 Å². The first-order valence-corrected chi connectivity index (χ1v) is 6.88. The quantitative estimate of drug-likeness (QED) is 0.860. The van der Waals surface area contributed by atoms with Crippen molar-refractivity contribution in [3.05, 3.63) is 52.8 Å². The summed E-state index contributed by atoms with van der Waals surface area (Å²) >= 11 is 0. The van der Waals surface area contributed by atoms with Crippen LogP contribution in [-0.2, 0) is 6.54 Å². The number of aryl methyl sites for hydroxylation is 2. The first-order chi connectivity index (χ1) is 9.09. The van der Waals surface area contributed by atoms with E-state index in [9.17, 15) is 0 Å². The van der Waals surface area contributed by atoms with Crippen LogP contribution in [0.5, 0.6) is 0 Å². The summed E-state index contributed by atoms with van der Waals surface area (Å²) < 4.78 is 0. The van der Waals surface area contributed by atoms with Crippen molar-refractivity contribution in [2.24, 2.45) is 5.92 Å². The Bertz CT molecular complexity index is 495. The summed E-state index contributed by atoms with van der Waals surface area (Å²) in [6, 6.07) is 11.0. The van der Waals surface area contributed by atoms with Crippen LogP contribution in [0.2, 0.25) is 0 Å². The van der Waals surface area contributed by atoms with E-state index in [4.69, 9.17) is 0 Å². The van der Waals surface area contributed by atoms with Crippen molar-refractivity contribution >= 4 is 0 Å². The molecule has 0 bridgehead atoms. The lowest BCUT2D eigenvalue weighted by Crippen LogP contribution is -2.25. The van der Waals surface area contributed by atoms with E-state index in [-0.39, 0.29) is 0 Å². The van der Waals surface area contributed by atoms with E-state index in [1.165, 1.54) is 11.1 Å². The van der Waals surface area contributed by atoms with Crippen molar-refractivity contribution in [1.29, 1.82) is 0 Å². The van der Waals surface area contributed by atoms with E-state index in [0.29, 0.717) is 12.0 Å². The smallest absolute Gasteiger partial charge is 0.0638 e. The van der Waals surface area contributed by atoms with Crippen LogP contribution in [0.3, 0.4) is 0 Å². The number of H-pyrrole nitrogens is 1. The Morgan fingerprint density at radius 3 is 2.37 bits per heavy atom. The minimum Gasteiger partial charge on any atom is -0.305 e. The highest BCUT2D eigenvalue weighted by molar-refractivity contribution is 5.24. The molecule has 1 unspecified atom stereocenters. The molecule has 1 aromatic heterocycles. The second-order valence-corrected chi connectivity index (χ2v) is 5.43. The zero-order valence-corrected chi connectivity index (χ0v) is 12.2. The molecule has 0 saturated heterocycles. The summed E-state index contributed by atoms with van der Waals surface area (Å²) in [5.41, 5.74) is 4.86. The first kappa shape index (κ1) is 13.8. The average Bonchev–Trinajstić information content (AvgIpc) is 2.71. The normalized spacial score (nSPS) is 12.9. The van der Waals surface area contributed by atoms with Gasteiger partial charge in [-0.3, -0.25) is 5.10 Å². The highest BCUT2D eigenvalue weighted by Crippen LogP contribution is 2.22. The molecular formula is C16H23N3. The van der Waals surface area contributed by atoms with Crippen molar-refractivity contribution in [3.8, 4) is 0 Å². The van der Waals surface area contributed by atoms with Crippen LogP contribution >= 0.6 is 0 Å². The predicted molar refractivity (Wildman–Crippen MR) is 78.9 cm³/mol. The van der Waals surface area contributed by atoms with Crippen LogP contribution in [0.1, 0.15) is 42.4 Å². The van der Waals surface area contributed by atoms with E-state index in [0.717, 1.165) is 17.9 Å². The van der Waals surface area contributed by atoms with Gasteiger partial charge in [0.1, 0.15) is 0 Å². The summed E-state index contributed by atoms with van der Waals surface area (Å²) in [6.45, 7) is 9.47. The molecule has 0 amide bonds. The van der Waals surface area contributed by atoms with Crippen LogP contribution in [0, 0.1) is 19.8 Å². The molecule has 0 aliphatic rings. The fourth-order valence-electron chi connectivity index (χ4n) is 2.45. The van der Waals surface area contributed by atoms with Gasteiger partial charge in [0.05, 0.1) is 5.69 Å². The number of nitrogens with one attached hydrogen (secondary N) is 2. The summed E-state index contributed by atoms with van der Waals surface area (Å²) in [5, 5.41) is 10.9. The maximum absolute atomic E-state index is 4.25. The molecule has 1 aromatic carbocycles. The maximum atomic E-state index is 4.25. The first-order valence-electron chi connectivity index (χ1n) is 6.88. The van der Waals surface area contributed by atoms with Gasteiger partial charge in [-0.2, -0.15) is 5.10 Å². The molecule has 2 aromatic rings. The lowest BCUT2D eigenvalue weighted by atomic mass is 9.96. The molecule has 0 aliphatic carbocycles. The fourth-order valence-corrected chi connectivity index (χ4v) is 2.45. The number of aromatic nitrogens is 2. The topological polar surface area (TPSA) is 40.7 Å². The average molecular weight is 257 g/mol. The van der Waals surface area contributed by atoms with Crippen molar-refractivity contribution in [2.45, 2.75) is 40.3 Å². The molecule has 1 atom stereocenters.